The van der Waals surface area contributed by atoms with Gasteiger partial charge in [0, 0.05) is 6.04 Å². The van der Waals surface area contributed by atoms with E-state index in [1.807, 2.05) is 12.1 Å². The lowest BCUT2D eigenvalue weighted by atomic mass is 9.93. The third-order valence-electron chi connectivity index (χ3n) is 5.52. The first-order valence-corrected chi connectivity index (χ1v) is 9.71. The van der Waals surface area contributed by atoms with Crippen LogP contribution in [0.3, 0.4) is 0 Å². The van der Waals surface area contributed by atoms with E-state index < -0.39 is 6.04 Å². The van der Waals surface area contributed by atoms with Crippen LogP contribution in [0.5, 0.6) is 5.75 Å². The van der Waals surface area contributed by atoms with Gasteiger partial charge in [0.1, 0.15) is 11.8 Å². The minimum absolute atomic E-state index is 0.0945. The number of likely N-dealkylation sites (tertiary alicyclic amines) is 1. The number of carbonyl (C=O) groups is 1. The maximum atomic E-state index is 12.6. The Morgan fingerprint density at radius 1 is 1.11 bits per heavy atom. The molecule has 2 aliphatic rings. The van der Waals surface area contributed by atoms with Crippen molar-refractivity contribution >= 4 is 5.91 Å². The van der Waals surface area contributed by atoms with E-state index in [4.69, 9.17) is 16.4 Å². The normalized spacial score (nSPS) is 26.7. The molecule has 1 aliphatic heterocycles. The Labute approximate surface area is 166 Å². The molecule has 0 unspecified atom stereocenters. The first-order chi connectivity index (χ1) is 13.6. The molecule has 1 aromatic rings. The SMILES string of the molecule is C#C[C@H]1CC[C@@H](C#N)N1C(=O)CN[C@H]1CC[C@H](Oc2ccc(C#N)cc2)CC1. The summed E-state index contributed by atoms with van der Waals surface area (Å²) in [6.07, 6.45) is 10.7. The molecular weight excluding hydrogens is 352 g/mol. The third-order valence-corrected chi connectivity index (χ3v) is 5.52. The van der Waals surface area contributed by atoms with E-state index >= 15 is 0 Å². The number of terminal acetylenes is 1. The maximum absolute atomic E-state index is 12.6. The summed E-state index contributed by atoms with van der Waals surface area (Å²) in [6.45, 7) is 0.210. The lowest BCUT2D eigenvalue weighted by molar-refractivity contribution is -0.131. The number of hydrogen-bond acceptors (Lipinski definition) is 5. The van der Waals surface area contributed by atoms with Crippen molar-refractivity contribution in [3.05, 3.63) is 29.8 Å². The first-order valence-electron chi connectivity index (χ1n) is 9.71. The molecule has 6 heteroatoms. The number of ether oxygens (including phenoxy) is 1. The van der Waals surface area contributed by atoms with Crippen molar-refractivity contribution in [3.63, 3.8) is 0 Å². The van der Waals surface area contributed by atoms with Gasteiger partial charge in [0.2, 0.25) is 5.91 Å². The standard InChI is InChI=1S/C22H24N4O2/c1-2-18-7-8-19(14-24)26(18)22(27)15-25-17-5-11-21(12-6-17)28-20-9-3-16(13-23)4-10-20/h1,3-4,9-10,17-19,21,25H,5-8,11-12,15H2/t17-,18-,19-,21-/m0/s1. The van der Waals surface area contributed by atoms with E-state index in [0.717, 1.165) is 31.4 Å². The van der Waals surface area contributed by atoms with Crippen LogP contribution in [0, 0.1) is 35.0 Å². The molecule has 0 radical (unpaired) electrons. The fourth-order valence-electron chi connectivity index (χ4n) is 3.96. The first kappa shape index (κ1) is 19.7. The summed E-state index contributed by atoms with van der Waals surface area (Å²) in [7, 11) is 0. The van der Waals surface area contributed by atoms with E-state index in [2.05, 4.69) is 23.4 Å². The van der Waals surface area contributed by atoms with Gasteiger partial charge in [0.05, 0.1) is 36.4 Å². The van der Waals surface area contributed by atoms with Gasteiger partial charge >= 0.3 is 0 Å². The van der Waals surface area contributed by atoms with Gasteiger partial charge in [-0.3, -0.25) is 4.79 Å². The van der Waals surface area contributed by atoms with Gasteiger partial charge in [-0.05, 0) is 62.8 Å². The molecule has 0 bridgehead atoms. The Hall–Kier alpha value is -3.01. The van der Waals surface area contributed by atoms with E-state index in [9.17, 15) is 10.1 Å². The molecule has 3 rings (SSSR count). The zero-order valence-electron chi connectivity index (χ0n) is 15.8. The average Bonchev–Trinajstić information content (AvgIpc) is 3.17. The quantitative estimate of drug-likeness (QED) is 0.797. The molecule has 1 aliphatic carbocycles. The molecule has 1 saturated carbocycles. The Bertz CT molecular complexity index is 785. The summed E-state index contributed by atoms with van der Waals surface area (Å²) in [4.78, 5) is 14.1. The number of nitrogens with zero attached hydrogens (tertiary/aromatic N) is 3. The number of nitriles is 2. The van der Waals surface area contributed by atoms with Crippen LogP contribution >= 0.6 is 0 Å². The lowest BCUT2D eigenvalue weighted by Crippen LogP contribution is -2.47. The maximum Gasteiger partial charge on any atom is 0.238 e. The van der Waals surface area contributed by atoms with E-state index in [0.29, 0.717) is 18.4 Å². The van der Waals surface area contributed by atoms with Gasteiger partial charge in [0.15, 0.2) is 0 Å². The van der Waals surface area contributed by atoms with E-state index in [-0.39, 0.29) is 30.6 Å². The Morgan fingerprint density at radius 3 is 2.39 bits per heavy atom. The van der Waals surface area contributed by atoms with Gasteiger partial charge in [-0.15, -0.1) is 6.42 Å². The minimum Gasteiger partial charge on any atom is -0.490 e. The zero-order valence-corrected chi connectivity index (χ0v) is 15.8. The smallest absolute Gasteiger partial charge is 0.238 e. The van der Waals surface area contributed by atoms with Gasteiger partial charge in [-0.2, -0.15) is 10.5 Å². The molecule has 2 fully saturated rings. The van der Waals surface area contributed by atoms with Crippen LogP contribution in [0.4, 0.5) is 0 Å². The fourth-order valence-corrected chi connectivity index (χ4v) is 3.96. The Balaban J connectivity index is 1.43. The van der Waals surface area contributed by atoms with Crippen LogP contribution in [-0.2, 0) is 4.79 Å². The number of benzene rings is 1. The van der Waals surface area contributed by atoms with Crippen LogP contribution in [0.1, 0.15) is 44.1 Å². The Morgan fingerprint density at radius 2 is 1.79 bits per heavy atom. The van der Waals surface area contributed by atoms with Gasteiger partial charge in [-0.25, -0.2) is 0 Å². The van der Waals surface area contributed by atoms with Crippen molar-refractivity contribution in [2.75, 3.05) is 6.54 Å². The van der Waals surface area contributed by atoms with Crippen molar-refractivity contribution in [1.29, 1.82) is 10.5 Å². The molecule has 6 nitrogen and oxygen atoms in total. The number of rotatable bonds is 5. The van der Waals surface area contributed by atoms with Gasteiger partial charge in [0.25, 0.3) is 0 Å². The molecule has 1 amide bonds. The molecule has 28 heavy (non-hydrogen) atoms. The predicted octanol–water partition coefficient (Wildman–Crippen LogP) is 2.35. The second-order valence-electron chi connectivity index (χ2n) is 7.31. The van der Waals surface area contributed by atoms with E-state index in [1.165, 1.54) is 0 Å². The monoisotopic (exact) mass is 376 g/mol. The highest BCUT2D eigenvalue weighted by Gasteiger charge is 2.36. The highest BCUT2D eigenvalue weighted by molar-refractivity contribution is 5.80. The number of hydrogen-bond donors (Lipinski definition) is 1. The van der Waals surface area contributed by atoms with Crippen LogP contribution in [0.2, 0.25) is 0 Å². The molecule has 0 aromatic heterocycles. The summed E-state index contributed by atoms with van der Waals surface area (Å²) >= 11 is 0. The van der Waals surface area contributed by atoms with Gasteiger partial charge in [-0.1, -0.05) is 5.92 Å². The largest absolute Gasteiger partial charge is 0.490 e. The van der Waals surface area contributed by atoms with Crippen LogP contribution in [-0.4, -0.2) is 41.6 Å². The number of nitrogens with one attached hydrogen (secondary N) is 1. The van der Waals surface area contributed by atoms with Crippen LogP contribution in [0.25, 0.3) is 0 Å². The fraction of sp³-hybridized carbons (Fsp3) is 0.500. The topological polar surface area (TPSA) is 89.2 Å². The van der Waals surface area contributed by atoms with Crippen molar-refractivity contribution in [1.82, 2.24) is 10.2 Å². The predicted molar refractivity (Wildman–Crippen MR) is 104 cm³/mol. The second-order valence-corrected chi connectivity index (χ2v) is 7.31. The van der Waals surface area contributed by atoms with Crippen LogP contribution in [0.15, 0.2) is 24.3 Å². The molecule has 0 spiro atoms. The van der Waals surface area contributed by atoms with Crippen molar-refractivity contribution in [2.45, 2.75) is 62.8 Å². The van der Waals surface area contributed by atoms with Crippen molar-refractivity contribution < 1.29 is 9.53 Å². The van der Waals surface area contributed by atoms with Crippen molar-refractivity contribution in [3.8, 4) is 30.2 Å². The molecule has 2 atom stereocenters. The summed E-state index contributed by atoms with van der Waals surface area (Å²) in [5, 5.41) is 21.4. The Kier molecular flexibility index (Phi) is 6.53. The van der Waals surface area contributed by atoms with Crippen molar-refractivity contribution in [2.24, 2.45) is 0 Å². The molecular formula is C22H24N4O2. The summed E-state index contributed by atoms with van der Waals surface area (Å²) in [5.74, 6) is 3.31. The lowest BCUT2D eigenvalue weighted by Gasteiger charge is -2.30. The molecule has 144 valence electrons. The number of carbonyl (C=O) groups excluding carboxylic acids is 1. The zero-order chi connectivity index (χ0) is 19.9. The van der Waals surface area contributed by atoms with Gasteiger partial charge < -0.3 is 15.0 Å². The van der Waals surface area contributed by atoms with E-state index in [1.54, 1.807) is 17.0 Å². The molecule has 1 saturated heterocycles. The summed E-state index contributed by atoms with van der Waals surface area (Å²) < 4.78 is 6.00. The highest BCUT2D eigenvalue weighted by Crippen LogP contribution is 2.25. The third kappa shape index (κ3) is 4.63. The molecule has 1 aromatic carbocycles. The second kappa shape index (κ2) is 9.27. The average molecular weight is 376 g/mol. The highest BCUT2D eigenvalue weighted by atomic mass is 16.5. The number of amides is 1. The summed E-state index contributed by atoms with van der Waals surface area (Å²) in [6, 6.07) is 11.0. The molecule has 1 N–H and O–H groups in total. The van der Waals surface area contributed by atoms with Crippen LogP contribution < -0.4 is 10.1 Å². The summed E-state index contributed by atoms with van der Waals surface area (Å²) in [5.41, 5.74) is 0.619. The minimum atomic E-state index is -0.410. The molecule has 1 heterocycles.